The molecule has 0 bridgehead atoms. The van der Waals surface area contributed by atoms with Gasteiger partial charge < -0.3 is 9.52 Å². The summed E-state index contributed by atoms with van der Waals surface area (Å²) in [6.07, 6.45) is 3.27. The first-order valence-electron chi connectivity index (χ1n) is 10.4. The van der Waals surface area contributed by atoms with Gasteiger partial charge in [-0.2, -0.15) is 0 Å². The smallest absolute Gasteiger partial charge is 0.343 e. The summed E-state index contributed by atoms with van der Waals surface area (Å²) < 4.78 is 5.64. The predicted molar refractivity (Wildman–Crippen MR) is 117 cm³/mol. The second-order valence-electron chi connectivity index (χ2n) is 8.02. The molecular weight excluding hydrogens is 374 g/mol. The molecule has 2 aromatic heterocycles. The second-order valence-corrected chi connectivity index (χ2v) is 8.02. The maximum Gasteiger partial charge on any atom is 0.343 e. The Morgan fingerprint density at radius 2 is 1.73 bits per heavy atom. The molecule has 0 saturated heterocycles. The van der Waals surface area contributed by atoms with E-state index in [4.69, 9.17) is 4.42 Å². The van der Waals surface area contributed by atoms with Gasteiger partial charge in [0.25, 0.3) is 0 Å². The van der Waals surface area contributed by atoms with Crippen molar-refractivity contribution in [3.05, 3.63) is 106 Å². The van der Waals surface area contributed by atoms with Crippen molar-refractivity contribution in [3.8, 4) is 5.75 Å². The van der Waals surface area contributed by atoms with E-state index in [0.717, 1.165) is 35.0 Å². The number of nitrogens with zero attached hydrogens (tertiary/aromatic N) is 1. The van der Waals surface area contributed by atoms with Gasteiger partial charge in [-0.25, -0.2) is 4.79 Å². The topological polar surface area (TPSA) is 63.3 Å². The number of para-hydroxylation sites is 1. The van der Waals surface area contributed by atoms with E-state index in [1.807, 2.05) is 60.7 Å². The van der Waals surface area contributed by atoms with E-state index in [1.54, 1.807) is 6.07 Å². The summed E-state index contributed by atoms with van der Waals surface area (Å²) in [6, 6.07) is 23.6. The summed E-state index contributed by atoms with van der Waals surface area (Å²) in [5, 5.41) is 11.8. The summed E-state index contributed by atoms with van der Waals surface area (Å²) in [5.74, 6) is 0.791. The fourth-order valence-corrected chi connectivity index (χ4v) is 4.21. The second kappa shape index (κ2) is 7.79. The molecule has 1 aliphatic carbocycles. The van der Waals surface area contributed by atoms with Crippen LogP contribution >= 0.6 is 0 Å². The quantitative estimate of drug-likeness (QED) is 0.484. The standard InChI is InChI=1S/C26H23NO3/c28-23-16-21(15-14-20-13-12-17-6-4-5-9-22(17)27-20)30-26(29)25(23)24(19-10-11-19)18-7-2-1-3-8-18/h1-9,12-13,16,19,24,28H,10-11,14-15H2. The average Bonchev–Trinajstić information content (AvgIpc) is 3.60. The van der Waals surface area contributed by atoms with Crippen molar-refractivity contribution in [1.29, 1.82) is 0 Å². The lowest BCUT2D eigenvalue weighted by molar-refractivity contribution is 0.403. The Hall–Kier alpha value is -3.40. The zero-order valence-corrected chi connectivity index (χ0v) is 16.6. The Morgan fingerprint density at radius 3 is 2.50 bits per heavy atom. The van der Waals surface area contributed by atoms with E-state index in [2.05, 4.69) is 11.1 Å². The molecule has 150 valence electrons. The molecule has 1 saturated carbocycles. The molecule has 4 nitrogen and oxygen atoms in total. The molecule has 2 heterocycles. The van der Waals surface area contributed by atoms with Crippen molar-refractivity contribution in [2.75, 3.05) is 0 Å². The monoisotopic (exact) mass is 397 g/mol. The van der Waals surface area contributed by atoms with Crippen LogP contribution in [0.2, 0.25) is 0 Å². The maximum atomic E-state index is 12.9. The van der Waals surface area contributed by atoms with Gasteiger partial charge in [-0.15, -0.1) is 0 Å². The summed E-state index contributed by atoms with van der Waals surface area (Å²) in [5.41, 5.74) is 2.88. The molecule has 4 aromatic rings. The van der Waals surface area contributed by atoms with E-state index in [0.29, 0.717) is 30.1 Å². The molecule has 0 radical (unpaired) electrons. The SMILES string of the molecule is O=c1oc(CCc2ccc3ccccc3n2)cc(O)c1C(c1ccccc1)C1CC1. The first kappa shape index (κ1) is 18.6. The number of rotatable bonds is 6. The van der Waals surface area contributed by atoms with Crippen LogP contribution in [-0.2, 0) is 12.8 Å². The van der Waals surface area contributed by atoms with Gasteiger partial charge in [-0.05, 0) is 42.9 Å². The maximum absolute atomic E-state index is 12.9. The third-order valence-corrected chi connectivity index (χ3v) is 5.86. The van der Waals surface area contributed by atoms with Crippen molar-refractivity contribution >= 4 is 10.9 Å². The van der Waals surface area contributed by atoms with Gasteiger partial charge in [0.05, 0.1) is 11.1 Å². The highest BCUT2D eigenvalue weighted by Crippen LogP contribution is 2.47. The van der Waals surface area contributed by atoms with Crippen LogP contribution in [0.4, 0.5) is 0 Å². The van der Waals surface area contributed by atoms with Crippen molar-refractivity contribution in [1.82, 2.24) is 4.98 Å². The van der Waals surface area contributed by atoms with Crippen molar-refractivity contribution in [3.63, 3.8) is 0 Å². The summed E-state index contributed by atoms with van der Waals surface area (Å²) >= 11 is 0. The Balaban J connectivity index is 1.40. The molecule has 4 heteroatoms. The molecule has 5 rings (SSSR count). The number of fused-ring (bicyclic) bond motifs is 1. The number of hydrogen-bond donors (Lipinski definition) is 1. The molecule has 0 amide bonds. The summed E-state index contributed by atoms with van der Waals surface area (Å²) in [4.78, 5) is 17.5. The average molecular weight is 397 g/mol. The van der Waals surface area contributed by atoms with Crippen LogP contribution in [0.5, 0.6) is 5.75 Å². The molecule has 1 atom stereocenters. The minimum Gasteiger partial charge on any atom is -0.507 e. The molecule has 0 aliphatic heterocycles. The largest absolute Gasteiger partial charge is 0.507 e. The molecular formula is C26H23NO3. The van der Waals surface area contributed by atoms with Crippen LogP contribution < -0.4 is 5.63 Å². The number of aromatic hydroxyl groups is 1. The van der Waals surface area contributed by atoms with Crippen LogP contribution in [0.25, 0.3) is 10.9 Å². The van der Waals surface area contributed by atoms with Gasteiger partial charge in [0.15, 0.2) is 0 Å². The number of hydrogen-bond acceptors (Lipinski definition) is 4. The van der Waals surface area contributed by atoms with Crippen molar-refractivity contribution in [2.45, 2.75) is 31.6 Å². The van der Waals surface area contributed by atoms with Crippen LogP contribution in [-0.4, -0.2) is 10.1 Å². The molecule has 0 spiro atoms. The minimum atomic E-state index is -0.433. The highest BCUT2D eigenvalue weighted by atomic mass is 16.4. The van der Waals surface area contributed by atoms with Gasteiger partial charge in [-0.3, -0.25) is 4.98 Å². The van der Waals surface area contributed by atoms with Crippen LogP contribution in [0.15, 0.2) is 82.0 Å². The van der Waals surface area contributed by atoms with Gasteiger partial charge in [-0.1, -0.05) is 54.6 Å². The zero-order chi connectivity index (χ0) is 20.5. The molecule has 1 fully saturated rings. The number of pyridine rings is 1. The van der Waals surface area contributed by atoms with E-state index >= 15 is 0 Å². The van der Waals surface area contributed by atoms with E-state index < -0.39 is 5.63 Å². The van der Waals surface area contributed by atoms with Gasteiger partial charge >= 0.3 is 5.63 Å². The first-order chi connectivity index (χ1) is 14.7. The number of aryl methyl sites for hydroxylation is 2. The van der Waals surface area contributed by atoms with Gasteiger partial charge in [0.1, 0.15) is 11.5 Å². The lowest BCUT2D eigenvalue weighted by Gasteiger charge is -2.17. The Labute approximate surface area is 174 Å². The van der Waals surface area contributed by atoms with Gasteiger partial charge in [0, 0.05) is 29.5 Å². The van der Waals surface area contributed by atoms with E-state index in [-0.39, 0.29) is 11.7 Å². The Morgan fingerprint density at radius 1 is 0.967 bits per heavy atom. The predicted octanol–water partition coefficient (Wildman–Crippen LogP) is 5.22. The van der Waals surface area contributed by atoms with Crippen molar-refractivity contribution < 1.29 is 9.52 Å². The van der Waals surface area contributed by atoms with E-state index in [1.165, 1.54) is 0 Å². The lowest BCUT2D eigenvalue weighted by Crippen LogP contribution is -2.16. The lowest BCUT2D eigenvalue weighted by atomic mass is 9.87. The minimum absolute atomic E-state index is 0.0356. The molecule has 1 unspecified atom stereocenters. The fourth-order valence-electron chi connectivity index (χ4n) is 4.21. The third-order valence-electron chi connectivity index (χ3n) is 5.86. The highest BCUT2D eigenvalue weighted by Gasteiger charge is 2.37. The normalized spacial score (nSPS) is 14.7. The highest BCUT2D eigenvalue weighted by molar-refractivity contribution is 5.78. The Bertz CT molecular complexity index is 1240. The molecule has 30 heavy (non-hydrogen) atoms. The van der Waals surface area contributed by atoms with Crippen molar-refractivity contribution in [2.24, 2.45) is 5.92 Å². The number of benzene rings is 2. The third kappa shape index (κ3) is 3.73. The molecule has 1 N–H and O–H groups in total. The fraction of sp³-hybridized carbons (Fsp3) is 0.231. The van der Waals surface area contributed by atoms with Crippen LogP contribution in [0.3, 0.4) is 0 Å². The molecule has 1 aliphatic rings. The van der Waals surface area contributed by atoms with Crippen LogP contribution in [0, 0.1) is 5.92 Å². The summed E-state index contributed by atoms with van der Waals surface area (Å²) in [6.45, 7) is 0. The summed E-state index contributed by atoms with van der Waals surface area (Å²) in [7, 11) is 0. The number of aromatic nitrogens is 1. The Kier molecular flexibility index (Phi) is 4.83. The zero-order valence-electron chi connectivity index (χ0n) is 16.6. The molecule has 2 aromatic carbocycles. The van der Waals surface area contributed by atoms with Crippen LogP contribution in [0.1, 0.15) is 41.3 Å². The van der Waals surface area contributed by atoms with E-state index in [9.17, 15) is 9.90 Å². The first-order valence-corrected chi connectivity index (χ1v) is 10.4. The van der Waals surface area contributed by atoms with Gasteiger partial charge in [0.2, 0.25) is 0 Å².